The summed E-state index contributed by atoms with van der Waals surface area (Å²) >= 11 is 0. The highest BCUT2D eigenvalue weighted by Gasteiger charge is 2.16. The van der Waals surface area contributed by atoms with Crippen LogP contribution in [0, 0.1) is 12.9 Å². The minimum atomic E-state index is -0.514. The second-order valence-electron chi connectivity index (χ2n) is 4.36. The average molecular weight is 278 g/mol. The highest BCUT2D eigenvalue weighted by Crippen LogP contribution is 2.18. The predicted molar refractivity (Wildman–Crippen MR) is 68.7 cm³/mol. The fraction of sp³-hybridized carbons (Fsp3) is 0.385. The Morgan fingerprint density at radius 2 is 2.30 bits per heavy atom. The molecule has 106 valence electrons. The lowest BCUT2D eigenvalue weighted by molar-refractivity contribution is 0.0519. The van der Waals surface area contributed by atoms with Gasteiger partial charge in [-0.1, -0.05) is 5.21 Å². The predicted octanol–water partition coefficient (Wildman–Crippen LogP) is 1.91. The van der Waals surface area contributed by atoms with Gasteiger partial charge in [0.15, 0.2) is 5.69 Å². The fourth-order valence-corrected chi connectivity index (χ4v) is 1.73. The molecule has 0 saturated carbocycles. The van der Waals surface area contributed by atoms with Crippen LogP contribution in [-0.4, -0.2) is 32.6 Å². The van der Waals surface area contributed by atoms with E-state index >= 15 is 0 Å². The minimum Gasteiger partial charge on any atom is -0.461 e. The number of hydrogen-bond acceptors (Lipinski definition) is 5. The number of esters is 1. The first-order valence-corrected chi connectivity index (χ1v) is 6.24. The number of ether oxygens (including phenoxy) is 1. The van der Waals surface area contributed by atoms with Crippen LogP contribution in [0.15, 0.2) is 18.5 Å². The van der Waals surface area contributed by atoms with E-state index in [0.29, 0.717) is 5.56 Å². The van der Waals surface area contributed by atoms with Crippen molar-refractivity contribution in [3.8, 4) is 0 Å². The van der Waals surface area contributed by atoms with Gasteiger partial charge in [0.1, 0.15) is 0 Å². The molecule has 0 aliphatic carbocycles. The van der Waals surface area contributed by atoms with Crippen LogP contribution in [0.4, 0.5) is 4.39 Å². The quantitative estimate of drug-likeness (QED) is 0.631. The SMILES string of the molecule is CCOC(=O)c1cn(C(C)c2cnc(F)c(C)c2)nn1. The van der Waals surface area contributed by atoms with E-state index in [2.05, 4.69) is 15.3 Å². The average Bonchev–Trinajstić information content (AvgIpc) is 2.91. The zero-order chi connectivity index (χ0) is 14.7. The maximum atomic E-state index is 13.2. The van der Waals surface area contributed by atoms with Gasteiger partial charge >= 0.3 is 5.97 Å². The summed E-state index contributed by atoms with van der Waals surface area (Å²) in [7, 11) is 0. The van der Waals surface area contributed by atoms with E-state index in [1.807, 2.05) is 6.92 Å². The lowest BCUT2D eigenvalue weighted by atomic mass is 10.1. The van der Waals surface area contributed by atoms with Crippen LogP contribution >= 0.6 is 0 Å². The minimum absolute atomic E-state index is 0.144. The van der Waals surface area contributed by atoms with Crippen LogP contribution in [0.25, 0.3) is 0 Å². The molecule has 0 saturated heterocycles. The van der Waals surface area contributed by atoms with Crippen molar-refractivity contribution in [2.75, 3.05) is 6.61 Å². The Hall–Kier alpha value is -2.31. The first-order valence-electron chi connectivity index (χ1n) is 6.24. The van der Waals surface area contributed by atoms with Crippen molar-refractivity contribution < 1.29 is 13.9 Å². The van der Waals surface area contributed by atoms with Gasteiger partial charge in [0, 0.05) is 11.8 Å². The van der Waals surface area contributed by atoms with E-state index in [-0.39, 0.29) is 18.3 Å². The van der Waals surface area contributed by atoms with Crippen molar-refractivity contribution in [2.45, 2.75) is 26.8 Å². The summed E-state index contributed by atoms with van der Waals surface area (Å²) in [5.74, 6) is -1.01. The van der Waals surface area contributed by atoms with E-state index in [0.717, 1.165) is 5.56 Å². The van der Waals surface area contributed by atoms with Gasteiger partial charge in [-0.25, -0.2) is 14.5 Å². The maximum Gasteiger partial charge on any atom is 0.360 e. The maximum absolute atomic E-state index is 13.2. The largest absolute Gasteiger partial charge is 0.461 e. The molecule has 0 N–H and O–H groups in total. The third-order valence-electron chi connectivity index (χ3n) is 2.91. The van der Waals surface area contributed by atoms with Crippen LogP contribution < -0.4 is 0 Å². The molecular formula is C13H15FN4O2. The fourth-order valence-electron chi connectivity index (χ4n) is 1.73. The monoisotopic (exact) mass is 278 g/mol. The normalized spacial score (nSPS) is 12.2. The number of rotatable bonds is 4. The number of nitrogens with zero attached hydrogens (tertiary/aromatic N) is 4. The molecule has 0 aliphatic rings. The molecule has 2 aromatic rings. The van der Waals surface area contributed by atoms with Gasteiger partial charge < -0.3 is 4.74 Å². The summed E-state index contributed by atoms with van der Waals surface area (Å²) in [5.41, 5.74) is 1.38. The lowest BCUT2D eigenvalue weighted by Gasteiger charge is -2.11. The number of hydrogen-bond donors (Lipinski definition) is 0. The number of carbonyl (C=O) groups excluding carboxylic acids is 1. The third-order valence-corrected chi connectivity index (χ3v) is 2.91. The van der Waals surface area contributed by atoms with E-state index < -0.39 is 11.9 Å². The van der Waals surface area contributed by atoms with Crippen LogP contribution in [0.5, 0.6) is 0 Å². The molecule has 0 bridgehead atoms. The molecule has 0 fully saturated rings. The second kappa shape index (κ2) is 5.77. The smallest absolute Gasteiger partial charge is 0.360 e. The summed E-state index contributed by atoms with van der Waals surface area (Å²) in [4.78, 5) is 15.2. The van der Waals surface area contributed by atoms with Gasteiger partial charge in [0.2, 0.25) is 5.95 Å². The Morgan fingerprint density at radius 3 is 2.95 bits per heavy atom. The van der Waals surface area contributed by atoms with E-state index in [9.17, 15) is 9.18 Å². The molecule has 1 atom stereocenters. The van der Waals surface area contributed by atoms with E-state index in [4.69, 9.17) is 4.74 Å². The molecule has 6 nitrogen and oxygen atoms in total. The highest BCUT2D eigenvalue weighted by atomic mass is 19.1. The Balaban J connectivity index is 2.22. The molecule has 0 spiro atoms. The van der Waals surface area contributed by atoms with Gasteiger partial charge in [-0.3, -0.25) is 0 Å². The first kappa shape index (κ1) is 14.1. The molecule has 20 heavy (non-hydrogen) atoms. The molecule has 2 aromatic heterocycles. The molecule has 0 radical (unpaired) electrons. The molecule has 7 heteroatoms. The Labute approximate surface area is 115 Å². The van der Waals surface area contributed by atoms with E-state index in [1.54, 1.807) is 19.9 Å². The number of halogens is 1. The highest BCUT2D eigenvalue weighted by molar-refractivity contribution is 5.86. The van der Waals surface area contributed by atoms with Gasteiger partial charge in [-0.15, -0.1) is 5.10 Å². The molecule has 0 amide bonds. The molecule has 0 aliphatic heterocycles. The molecule has 2 heterocycles. The lowest BCUT2D eigenvalue weighted by Crippen LogP contribution is -2.09. The molecule has 0 aromatic carbocycles. The number of aromatic nitrogens is 4. The van der Waals surface area contributed by atoms with Crippen LogP contribution in [0.3, 0.4) is 0 Å². The van der Waals surface area contributed by atoms with Gasteiger partial charge in [0.05, 0.1) is 18.8 Å². The Kier molecular flexibility index (Phi) is 4.07. The number of aryl methyl sites for hydroxylation is 1. The summed E-state index contributed by atoms with van der Waals surface area (Å²) in [5, 5.41) is 7.66. The number of pyridine rings is 1. The van der Waals surface area contributed by atoms with Crippen molar-refractivity contribution in [3.05, 3.63) is 41.2 Å². The van der Waals surface area contributed by atoms with Crippen molar-refractivity contribution in [3.63, 3.8) is 0 Å². The van der Waals surface area contributed by atoms with Crippen molar-refractivity contribution in [1.29, 1.82) is 0 Å². The Morgan fingerprint density at radius 1 is 1.55 bits per heavy atom. The van der Waals surface area contributed by atoms with E-state index in [1.165, 1.54) is 17.1 Å². The van der Waals surface area contributed by atoms with Gasteiger partial charge in [-0.2, -0.15) is 4.39 Å². The number of carbonyl (C=O) groups is 1. The van der Waals surface area contributed by atoms with Crippen molar-refractivity contribution in [1.82, 2.24) is 20.0 Å². The topological polar surface area (TPSA) is 69.9 Å². The van der Waals surface area contributed by atoms with Crippen molar-refractivity contribution in [2.24, 2.45) is 0 Å². The summed E-state index contributed by atoms with van der Waals surface area (Å²) in [6.07, 6.45) is 2.94. The summed E-state index contributed by atoms with van der Waals surface area (Å²) < 4.78 is 19.5. The summed E-state index contributed by atoms with van der Waals surface area (Å²) in [6, 6.07) is 1.48. The van der Waals surface area contributed by atoms with Crippen LogP contribution in [0.2, 0.25) is 0 Å². The van der Waals surface area contributed by atoms with Gasteiger partial charge in [0.25, 0.3) is 0 Å². The Bertz CT molecular complexity index is 627. The molecular weight excluding hydrogens is 263 g/mol. The molecule has 2 rings (SSSR count). The zero-order valence-electron chi connectivity index (χ0n) is 11.5. The zero-order valence-corrected chi connectivity index (χ0v) is 11.5. The standard InChI is InChI=1S/C13H15FN4O2/c1-4-20-13(19)11-7-18(17-16-11)9(3)10-5-8(2)12(14)15-6-10/h5-7,9H,4H2,1-3H3. The third kappa shape index (κ3) is 2.81. The first-order chi connectivity index (χ1) is 9.52. The van der Waals surface area contributed by atoms with Crippen LogP contribution in [0.1, 0.15) is 41.5 Å². The second-order valence-corrected chi connectivity index (χ2v) is 4.36. The summed E-state index contributed by atoms with van der Waals surface area (Å²) in [6.45, 7) is 5.50. The van der Waals surface area contributed by atoms with Crippen molar-refractivity contribution >= 4 is 5.97 Å². The molecule has 1 unspecified atom stereocenters. The van der Waals surface area contributed by atoms with Crippen LogP contribution in [-0.2, 0) is 4.74 Å². The van der Waals surface area contributed by atoms with Gasteiger partial charge in [-0.05, 0) is 32.4 Å².